The van der Waals surface area contributed by atoms with Crippen molar-refractivity contribution in [3.63, 3.8) is 0 Å². The van der Waals surface area contributed by atoms with Crippen LogP contribution in [0.15, 0.2) is 23.1 Å². The van der Waals surface area contributed by atoms with Crippen molar-refractivity contribution < 1.29 is 32.3 Å². The fourth-order valence-corrected chi connectivity index (χ4v) is 6.24. The first-order chi connectivity index (χ1) is 16.7. The Hall–Kier alpha value is -2.66. The molecule has 0 unspecified atom stereocenters. The van der Waals surface area contributed by atoms with Crippen LogP contribution >= 0.6 is 0 Å². The Bertz CT molecular complexity index is 1070. The van der Waals surface area contributed by atoms with Crippen LogP contribution in [0.4, 0.5) is 5.69 Å². The lowest BCUT2D eigenvalue weighted by atomic mass is 9.97. The molecular weight excluding hydrogens is 474 g/mol. The van der Waals surface area contributed by atoms with Gasteiger partial charge in [-0.2, -0.15) is 4.31 Å². The minimum absolute atomic E-state index is 0.0804. The normalized spacial score (nSPS) is 20.3. The van der Waals surface area contributed by atoms with E-state index < -0.39 is 15.9 Å². The highest BCUT2D eigenvalue weighted by Gasteiger charge is 2.34. The van der Waals surface area contributed by atoms with Gasteiger partial charge in [-0.3, -0.25) is 19.3 Å². The van der Waals surface area contributed by atoms with Gasteiger partial charge in [0.15, 0.2) is 6.61 Å². The van der Waals surface area contributed by atoms with Gasteiger partial charge < -0.3 is 14.4 Å². The number of amides is 2. The van der Waals surface area contributed by atoms with Crippen LogP contribution in [0.5, 0.6) is 5.75 Å². The van der Waals surface area contributed by atoms with Gasteiger partial charge in [0, 0.05) is 26.2 Å². The minimum atomic E-state index is -3.73. The highest BCUT2D eigenvalue weighted by atomic mass is 32.2. The third kappa shape index (κ3) is 5.45. The smallest absolute Gasteiger partial charge is 0.309 e. The fraction of sp³-hybridized carbons (Fsp3) is 0.625. The molecule has 3 heterocycles. The van der Waals surface area contributed by atoms with Crippen LogP contribution in [0.1, 0.15) is 39.5 Å². The quantitative estimate of drug-likeness (QED) is 0.538. The van der Waals surface area contributed by atoms with E-state index in [1.807, 2.05) is 0 Å². The van der Waals surface area contributed by atoms with Crippen molar-refractivity contribution in [2.24, 2.45) is 11.8 Å². The molecule has 0 aromatic heterocycles. The molecular formula is C24H33N3O7S. The molecule has 0 radical (unpaired) electrons. The molecule has 0 bridgehead atoms. The molecule has 3 aliphatic heterocycles. The number of ether oxygens (including phenoxy) is 2. The van der Waals surface area contributed by atoms with Crippen LogP contribution in [0.3, 0.4) is 0 Å². The second-order valence-corrected chi connectivity index (χ2v) is 11.3. The SMILES string of the molecule is CCOC(=O)C1CCN(C(=O)CN2C(=O)COc3ccc(S(=O)(=O)N4CCC(C)CC4)cc32)CC1. The molecule has 35 heavy (non-hydrogen) atoms. The van der Waals surface area contributed by atoms with Crippen LogP contribution in [-0.2, 0) is 29.1 Å². The molecule has 2 saturated heterocycles. The summed E-state index contributed by atoms with van der Waals surface area (Å²) in [6.45, 7) is 5.47. The topological polar surface area (TPSA) is 114 Å². The first kappa shape index (κ1) is 25.4. The van der Waals surface area contributed by atoms with E-state index in [1.54, 1.807) is 17.9 Å². The minimum Gasteiger partial charge on any atom is -0.482 e. The highest BCUT2D eigenvalue weighted by Crippen LogP contribution is 2.36. The van der Waals surface area contributed by atoms with Gasteiger partial charge in [-0.15, -0.1) is 0 Å². The summed E-state index contributed by atoms with van der Waals surface area (Å²) in [6, 6.07) is 4.46. The van der Waals surface area contributed by atoms with Crippen molar-refractivity contribution in [1.29, 1.82) is 0 Å². The van der Waals surface area contributed by atoms with Crippen LogP contribution in [0, 0.1) is 11.8 Å². The van der Waals surface area contributed by atoms with Crippen molar-refractivity contribution in [1.82, 2.24) is 9.21 Å². The van der Waals surface area contributed by atoms with Crippen LogP contribution in [0.25, 0.3) is 0 Å². The highest BCUT2D eigenvalue weighted by molar-refractivity contribution is 7.89. The second kappa shape index (κ2) is 10.5. The van der Waals surface area contributed by atoms with E-state index in [0.29, 0.717) is 57.3 Å². The number of sulfonamides is 1. The van der Waals surface area contributed by atoms with Crippen molar-refractivity contribution in [2.75, 3.05) is 50.8 Å². The van der Waals surface area contributed by atoms with Gasteiger partial charge in [-0.1, -0.05) is 6.92 Å². The number of carbonyl (C=O) groups is 3. The maximum Gasteiger partial charge on any atom is 0.309 e. The summed E-state index contributed by atoms with van der Waals surface area (Å²) in [6.07, 6.45) is 2.63. The van der Waals surface area contributed by atoms with E-state index >= 15 is 0 Å². The number of rotatable bonds is 6. The number of benzene rings is 1. The summed E-state index contributed by atoms with van der Waals surface area (Å²) in [7, 11) is -3.73. The van der Waals surface area contributed by atoms with Crippen molar-refractivity contribution in [3.05, 3.63) is 18.2 Å². The number of carbonyl (C=O) groups excluding carboxylic acids is 3. The van der Waals surface area contributed by atoms with Crippen LogP contribution in [0.2, 0.25) is 0 Å². The van der Waals surface area contributed by atoms with Crippen LogP contribution in [-0.4, -0.2) is 81.3 Å². The zero-order valence-corrected chi connectivity index (χ0v) is 21.1. The summed E-state index contributed by atoms with van der Waals surface area (Å²) in [4.78, 5) is 40.7. The largest absolute Gasteiger partial charge is 0.482 e. The van der Waals surface area contributed by atoms with Gasteiger partial charge in [-0.05, 0) is 56.7 Å². The number of hydrogen-bond donors (Lipinski definition) is 0. The molecule has 4 rings (SSSR count). The molecule has 0 atom stereocenters. The monoisotopic (exact) mass is 507 g/mol. The van der Waals surface area contributed by atoms with E-state index in [9.17, 15) is 22.8 Å². The summed E-state index contributed by atoms with van der Waals surface area (Å²) in [5.41, 5.74) is 0.280. The number of hydrogen-bond acceptors (Lipinski definition) is 7. The Morgan fingerprint density at radius 2 is 1.77 bits per heavy atom. The summed E-state index contributed by atoms with van der Waals surface area (Å²) in [5, 5.41) is 0. The number of nitrogens with zero attached hydrogens (tertiary/aromatic N) is 3. The second-order valence-electron chi connectivity index (χ2n) is 9.39. The Labute approximate surface area is 206 Å². The molecule has 1 aromatic rings. The molecule has 0 spiro atoms. The Balaban J connectivity index is 1.48. The first-order valence-corrected chi connectivity index (χ1v) is 13.7. The number of likely N-dealkylation sites (tertiary alicyclic amines) is 1. The lowest BCUT2D eigenvalue weighted by Gasteiger charge is -2.34. The number of fused-ring (bicyclic) bond motifs is 1. The third-order valence-electron chi connectivity index (χ3n) is 7.01. The molecule has 3 aliphatic rings. The molecule has 2 amide bonds. The van der Waals surface area contributed by atoms with Gasteiger partial charge in [0.05, 0.1) is 23.1 Å². The van der Waals surface area contributed by atoms with Gasteiger partial charge in [0.1, 0.15) is 12.3 Å². The molecule has 10 nitrogen and oxygen atoms in total. The zero-order valence-electron chi connectivity index (χ0n) is 20.3. The van der Waals surface area contributed by atoms with Crippen molar-refractivity contribution in [3.8, 4) is 5.75 Å². The fourth-order valence-electron chi connectivity index (χ4n) is 4.75. The molecule has 2 fully saturated rings. The van der Waals surface area contributed by atoms with E-state index in [2.05, 4.69) is 6.92 Å². The molecule has 1 aromatic carbocycles. The maximum atomic E-state index is 13.2. The Morgan fingerprint density at radius 1 is 1.09 bits per heavy atom. The van der Waals surface area contributed by atoms with E-state index in [4.69, 9.17) is 9.47 Å². The predicted molar refractivity (Wildman–Crippen MR) is 127 cm³/mol. The van der Waals surface area contributed by atoms with E-state index in [0.717, 1.165) is 12.8 Å². The third-order valence-corrected chi connectivity index (χ3v) is 8.91. The average Bonchev–Trinajstić information content (AvgIpc) is 2.86. The zero-order chi connectivity index (χ0) is 25.2. The Morgan fingerprint density at radius 3 is 2.43 bits per heavy atom. The van der Waals surface area contributed by atoms with Crippen LogP contribution < -0.4 is 9.64 Å². The number of anilines is 1. The first-order valence-electron chi connectivity index (χ1n) is 12.2. The Kier molecular flexibility index (Phi) is 7.65. The standard InChI is InChI=1S/C24H33N3O7S/c1-3-33-24(30)18-8-10-25(11-9-18)22(28)15-27-20-14-19(4-5-21(20)34-16-23(27)29)35(31,32)26-12-6-17(2)7-13-26/h4-5,14,17-18H,3,6-13,15-16H2,1-2H3. The van der Waals surface area contributed by atoms with Gasteiger partial charge >= 0.3 is 5.97 Å². The van der Waals surface area contributed by atoms with Crippen molar-refractivity contribution >= 4 is 33.5 Å². The number of esters is 1. The summed E-state index contributed by atoms with van der Waals surface area (Å²) < 4.78 is 38.5. The molecule has 0 saturated carbocycles. The molecule has 0 N–H and O–H groups in total. The maximum absolute atomic E-state index is 13.2. The number of piperidine rings is 2. The average molecular weight is 508 g/mol. The van der Waals surface area contributed by atoms with E-state index in [1.165, 1.54) is 21.3 Å². The van der Waals surface area contributed by atoms with E-state index in [-0.39, 0.29) is 41.5 Å². The predicted octanol–water partition coefficient (Wildman–Crippen LogP) is 1.63. The molecule has 192 valence electrons. The van der Waals surface area contributed by atoms with Gasteiger partial charge in [0.25, 0.3) is 5.91 Å². The summed E-state index contributed by atoms with van der Waals surface area (Å²) in [5.74, 6) is -0.283. The van der Waals surface area contributed by atoms with Gasteiger partial charge in [0.2, 0.25) is 15.9 Å². The van der Waals surface area contributed by atoms with Crippen molar-refractivity contribution in [2.45, 2.75) is 44.4 Å². The van der Waals surface area contributed by atoms with Gasteiger partial charge in [-0.25, -0.2) is 8.42 Å². The lowest BCUT2D eigenvalue weighted by molar-refractivity contribution is -0.151. The molecule has 11 heteroatoms. The molecule has 0 aliphatic carbocycles. The summed E-state index contributed by atoms with van der Waals surface area (Å²) >= 11 is 0. The lowest BCUT2D eigenvalue weighted by Crippen LogP contribution is -2.49.